The minimum atomic E-state index is -0.880. The molecule has 1 aliphatic heterocycles. The Balaban J connectivity index is 1.53. The number of para-hydroxylation sites is 1. The standard InChI is InChI=1S/C23H31FN4O2/c1-17-7-5-9-19(24)21(17)23(30)26-20-10-4-3-8-18(20)22(29)25-11-6-12-28-15-13-27(2)14-16-28/h3-5,7-10,17,21H,6,11-16H2,1-2H3,(H,25,29)(H,26,30). The van der Waals surface area contributed by atoms with Crippen LogP contribution in [0.2, 0.25) is 0 Å². The first-order chi connectivity index (χ1) is 14.5. The van der Waals surface area contributed by atoms with Gasteiger partial charge < -0.3 is 20.4 Å². The number of nitrogens with zero attached hydrogens (tertiary/aromatic N) is 2. The van der Waals surface area contributed by atoms with E-state index in [0.29, 0.717) is 17.8 Å². The van der Waals surface area contributed by atoms with E-state index in [1.165, 1.54) is 6.08 Å². The van der Waals surface area contributed by atoms with Crippen molar-refractivity contribution in [3.63, 3.8) is 0 Å². The monoisotopic (exact) mass is 414 g/mol. The molecule has 30 heavy (non-hydrogen) atoms. The van der Waals surface area contributed by atoms with Gasteiger partial charge in [0.2, 0.25) is 5.91 Å². The Bertz CT molecular complexity index is 815. The number of likely N-dealkylation sites (N-methyl/N-ethyl adjacent to an activating group) is 1. The van der Waals surface area contributed by atoms with E-state index >= 15 is 0 Å². The van der Waals surface area contributed by atoms with Crippen molar-refractivity contribution < 1.29 is 14.0 Å². The molecule has 2 atom stereocenters. The highest BCUT2D eigenvalue weighted by molar-refractivity contribution is 6.04. The second-order valence-electron chi connectivity index (χ2n) is 8.06. The molecule has 6 nitrogen and oxygen atoms in total. The van der Waals surface area contributed by atoms with Gasteiger partial charge in [-0.15, -0.1) is 0 Å². The highest BCUT2D eigenvalue weighted by Gasteiger charge is 2.30. The number of carbonyl (C=O) groups is 2. The van der Waals surface area contributed by atoms with Gasteiger partial charge in [0.1, 0.15) is 5.83 Å². The fourth-order valence-corrected chi connectivity index (χ4v) is 3.82. The molecule has 1 heterocycles. The molecule has 2 unspecified atom stereocenters. The zero-order valence-electron chi connectivity index (χ0n) is 17.7. The summed E-state index contributed by atoms with van der Waals surface area (Å²) >= 11 is 0. The van der Waals surface area contributed by atoms with Gasteiger partial charge >= 0.3 is 0 Å². The van der Waals surface area contributed by atoms with Crippen molar-refractivity contribution in [1.29, 1.82) is 0 Å². The lowest BCUT2D eigenvalue weighted by Gasteiger charge is -2.32. The van der Waals surface area contributed by atoms with Crippen molar-refractivity contribution in [2.45, 2.75) is 13.3 Å². The number of hydrogen-bond acceptors (Lipinski definition) is 4. The van der Waals surface area contributed by atoms with Crippen LogP contribution in [-0.2, 0) is 4.79 Å². The first kappa shape index (κ1) is 22.2. The normalized spacial score (nSPS) is 22.4. The molecule has 0 bridgehead atoms. The maximum absolute atomic E-state index is 14.2. The van der Waals surface area contributed by atoms with E-state index in [2.05, 4.69) is 27.5 Å². The van der Waals surface area contributed by atoms with Crippen LogP contribution in [0.5, 0.6) is 0 Å². The van der Waals surface area contributed by atoms with Crippen LogP contribution in [0.25, 0.3) is 0 Å². The minimum absolute atomic E-state index is 0.239. The molecular weight excluding hydrogens is 383 g/mol. The van der Waals surface area contributed by atoms with E-state index in [9.17, 15) is 14.0 Å². The van der Waals surface area contributed by atoms with Crippen molar-refractivity contribution in [2.75, 3.05) is 51.6 Å². The van der Waals surface area contributed by atoms with Crippen molar-refractivity contribution in [1.82, 2.24) is 15.1 Å². The molecule has 0 spiro atoms. The van der Waals surface area contributed by atoms with Gasteiger partial charge in [0, 0.05) is 32.7 Å². The van der Waals surface area contributed by atoms with E-state index < -0.39 is 17.7 Å². The van der Waals surface area contributed by atoms with Crippen molar-refractivity contribution in [3.05, 3.63) is 53.9 Å². The zero-order chi connectivity index (χ0) is 21.5. The Morgan fingerprint density at radius 1 is 1.17 bits per heavy atom. The number of benzene rings is 1. The predicted octanol–water partition coefficient (Wildman–Crippen LogP) is 2.67. The fraction of sp³-hybridized carbons (Fsp3) is 0.478. The third-order valence-corrected chi connectivity index (χ3v) is 5.74. The van der Waals surface area contributed by atoms with Gasteiger partial charge in [-0.25, -0.2) is 4.39 Å². The van der Waals surface area contributed by atoms with Crippen LogP contribution in [0.4, 0.5) is 10.1 Å². The molecule has 0 aromatic heterocycles. The minimum Gasteiger partial charge on any atom is -0.352 e. The molecule has 1 aliphatic carbocycles. The first-order valence-corrected chi connectivity index (χ1v) is 10.6. The summed E-state index contributed by atoms with van der Waals surface area (Å²) in [5, 5.41) is 5.67. The van der Waals surface area contributed by atoms with Crippen LogP contribution in [0.1, 0.15) is 23.7 Å². The van der Waals surface area contributed by atoms with Gasteiger partial charge in [-0.3, -0.25) is 9.59 Å². The number of allylic oxidation sites excluding steroid dienone is 3. The number of nitrogens with one attached hydrogen (secondary N) is 2. The maximum atomic E-state index is 14.2. The molecule has 1 aromatic rings. The Hall–Kier alpha value is -2.51. The number of carbonyl (C=O) groups excluding carboxylic acids is 2. The molecule has 1 saturated heterocycles. The number of anilines is 1. The fourth-order valence-electron chi connectivity index (χ4n) is 3.82. The van der Waals surface area contributed by atoms with Gasteiger partial charge in [-0.05, 0) is 44.1 Å². The molecule has 3 rings (SSSR count). The van der Waals surface area contributed by atoms with Crippen LogP contribution in [0.15, 0.2) is 48.3 Å². The summed E-state index contributed by atoms with van der Waals surface area (Å²) < 4.78 is 14.2. The second kappa shape index (κ2) is 10.5. The van der Waals surface area contributed by atoms with Crippen LogP contribution in [-0.4, -0.2) is 67.9 Å². The predicted molar refractivity (Wildman–Crippen MR) is 117 cm³/mol. The molecule has 0 saturated carbocycles. The van der Waals surface area contributed by atoms with Crippen LogP contribution < -0.4 is 10.6 Å². The average molecular weight is 415 g/mol. The summed E-state index contributed by atoms with van der Waals surface area (Å²) in [6.07, 6.45) is 5.59. The van der Waals surface area contributed by atoms with E-state index in [1.807, 2.05) is 0 Å². The topological polar surface area (TPSA) is 64.7 Å². The van der Waals surface area contributed by atoms with Crippen molar-refractivity contribution >= 4 is 17.5 Å². The third-order valence-electron chi connectivity index (χ3n) is 5.74. The van der Waals surface area contributed by atoms with E-state index in [4.69, 9.17) is 0 Å². The number of piperazine rings is 1. The highest BCUT2D eigenvalue weighted by atomic mass is 19.1. The van der Waals surface area contributed by atoms with Crippen LogP contribution >= 0.6 is 0 Å². The van der Waals surface area contributed by atoms with Crippen molar-refractivity contribution in [3.8, 4) is 0 Å². The Morgan fingerprint density at radius 2 is 1.90 bits per heavy atom. The summed E-state index contributed by atoms with van der Waals surface area (Å²) in [5.41, 5.74) is 0.780. The van der Waals surface area contributed by atoms with Gasteiger partial charge in [0.15, 0.2) is 0 Å². The molecule has 2 N–H and O–H groups in total. The Labute approximate surface area is 177 Å². The lowest BCUT2D eigenvalue weighted by molar-refractivity contribution is -0.120. The lowest BCUT2D eigenvalue weighted by atomic mass is 9.88. The third kappa shape index (κ3) is 5.77. The average Bonchev–Trinajstić information content (AvgIpc) is 2.72. The zero-order valence-corrected chi connectivity index (χ0v) is 17.7. The number of amides is 2. The lowest BCUT2D eigenvalue weighted by Crippen LogP contribution is -2.45. The summed E-state index contributed by atoms with van der Waals surface area (Å²) in [7, 11) is 2.13. The quantitative estimate of drug-likeness (QED) is 0.674. The summed E-state index contributed by atoms with van der Waals surface area (Å²) in [5.74, 6) is -2.28. The van der Waals surface area contributed by atoms with Gasteiger partial charge in [-0.2, -0.15) is 0 Å². The smallest absolute Gasteiger partial charge is 0.253 e. The van der Waals surface area contributed by atoms with Gasteiger partial charge in [-0.1, -0.05) is 31.2 Å². The summed E-state index contributed by atoms with van der Waals surface area (Å²) in [6.45, 7) is 7.57. The largest absolute Gasteiger partial charge is 0.352 e. The summed E-state index contributed by atoms with van der Waals surface area (Å²) in [6, 6.07) is 6.83. The van der Waals surface area contributed by atoms with E-state index in [1.54, 1.807) is 43.3 Å². The van der Waals surface area contributed by atoms with Gasteiger partial charge in [0.05, 0.1) is 17.2 Å². The second-order valence-corrected chi connectivity index (χ2v) is 8.06. The van der Waals surface area contributed by atoms with Crippen LogP contribution in [0, 0.1) is 11.8 Å². The number of halogens is 1. The molecular formula is C23H31FN4O2. The van der Waals surface area contributed by atoms with Crippen LogP contribution in [0.3, 0.4) is 0 Å². The summed E-state index contributed by atoms with van der Waals surface area (Å²) in [4.78, 5) is 30.0. The van der Waals surface area contributed by atoms with E-state index in [0.717, 1.165) is 39.1 Å². The molecule has 7 heteroatoms. The van der Waals surface area contributed by atoms with Crippen molar-refractivity contribution in [2.24, 2.45) is 11.8 Å². The number of rotatable bonds is 7. The molecule has 2 aliphatic rings. The highest BCUT2D eigenvalue weighted by Crippen LogP contribution is 2.29. The molecule has 1 fully saturated rings. The molecule has 162 valence electrons. The molecule has 1 aromatic carbocycles. The Morgan fingerprint density at radius 3 is 2.63 bits per heavy atom. The molecule has 2 amide bonds. The Kier molecular flexibility index (Phi) is 7.76. The van der Waals surface area contributed by atoms with Gasteiger partial charge in [0.25, 0.3) is 5.91 Å². The SMILES string of the molecule is CC1C=CC=C(F)C1C(=O)Nc1ccccc1C(=O)NCCCN1CCN(C)CC1. The van der Waals surface area contributed by atoms with E-state index in [-0.39, 0.29) is 11.8 Å². The number of hydrogen-bond donors (Lipinski definition) is 2. The molecule has 0 radical (unpaired) electrons. The maximum Gasteiger partial charge on any atom is 0.253 e. The first-order valence-electron chi connectivity index (χ1n) is 10.6.